The Labute approximate surface area is 216 Å². The molecule has 6 heteroatoms. The number of fused-ring (bicyclic) bond motifs is 2. The van der Waals surface area contributed by atoms with E-state index in [-0.39, 0.29) is 5.91 Å². The van der Waals surface area contributed by atoms with E-state index in [9.17, 15) is 4.79 Å². The number of benzene rings is 3. The van der Waals surface area contributed by atoms with Crippen molar-refractivity contribution in [3.05, 3.63) is 89.5 Å². The summed E-state index contributed by atoms with van der Waals surface area (Å²) in [5.74, 6) is -0.0435. The molecule has 3 aromatic carbocycles. The molecule has 0 radical (unpaired) electrons. The standard InChI is InChI=1S/C30H30N4OS/c1-20-17-21(2)28-27(18-20)32-30(36-28)34(16-10-15-33(3)4)29(35)24-19-26(22-11-6-5-7-12-22)31-25-14-9-8-13-23(24)25/h5-9,11-14,17-19H,10,15-16H2,1-4H3. The van der Waals surface area contributed by atoms with Crippen LogP contribution in [0.2, 0.25) is 0 Å². The Morgan fingerprint density at radius 1 is 0.861 bits per heavy atom. The molecule has 0 saturated carbocycles. The molecule has 0 fully saturated rings. The highest BCUT2D eigenvalue weighted by Gasteiger charge is 2.24. The molecular weight excluding hydrogens is 464 g/mol. The molecule has 2 heterocycles. The number of carbonyl (C=O) groups is 1. The molecule has 0 aliphatic carbocycles. The van der Waals surface area contributed by atoms with Crippen LogP contribution in [0.3, 0.4) is 0 Å². The Balaban J connectivity index is 1.63. The summed E-state index contributed by atoms with van der Waals surface area (Å²) in [7, 11) is 4.11. The van der Waals surface area contributed by atoms with Crippen molar-refractivity contribution in [2.45, 2.75) is 20.3 Å². The average molecular weight is 495 g/mol. The highest BCUT2D eigenvalue weighted by Crippen LogP contribution is 2.34. The number of para-hydroxylation sites is 1. The Bertz CT molecular complexity index is 1540. The van der Waals surface area contributed by atoms with Crippen molar-refractivity contribution in [1.29, 1.82) is 0 Å². The van der Waals surface area contributed by atoms with Gasteiger partial charge in [0.15, 0.2) is 5.13 Å². The van der Waals surface area contributed by atoms with Crippen molar-refractivity contribution in [2.75, 3.05) is 32.1 Å². The molecule has 36 heavy (non-hydrogen) atoms. The van der Waals surface area contributed by atoms with E-state index in [1.165, 1.54) is 11.1 Å². The number of aryl methyl sites for hydroxylation is 2. The van der Waals surface area contributed by atoms with Crippen LogP contribution in [0, 0.1) is 13.8 Å². The number of thiazole rings is 1. The maximum atomic E-state index is 14.3. The van der Waals surface area contributed by atoms with Gasteiger partial charge in [0.05, 0.1) is 27.0 Å². The first-order valence-electron chi connectivity index (χ1n) is 12.2. The molecule has 1 amide bonds. The third kappa shape index (κ3) is 4.87. The topological polar surface area (TPSA) is 49.3 Å². The van der Waals surface area contributed by atoms with Crippen LogP contribution in [0.15, 0.2) is 72.8 Å². The van der Waals surface area contributed by atoms with Crippen molar-refractivity contribution in [3.63, 3.8) is 0 Å². The largest absolute Gasteiger partial charge is 0.309 e. The van der Waals surface area contributed by atoms with Crippen LogP contribution in [0.25, 0.3) is 32.4 Å². The van der Waals surface area contributed by atoms with Crippen LogP contribution >= 0.6 is 11.3 Å². The molecule has 5 nitrogen and oxygen atoms in total. The number of carbonyl (C=O) groups excluding carboxylic acids is 1. The molecule has 182 valence electrons. The van der Waals surface area contributed by atoms with Gasteiger partial charge in [0.25, 0.3) is 5.91 Å². The van der Waals surface area contributed by atoms with E-state index in [2.05, 4.69) is 45.0 Å². The fraction of sp³-hybridized carbons (Fsp3) is 0.233. The van der Waals surface area contributed by atoms with E-state index >= 15 is 0 Å². The molecular formula is C30H30N4OS. The lowest BCUT2D eigenvalue weighted by Crippen LogP contribution is -2.33. The van der Waals surface area contributed by atoms with Gasteiger partial charge in [-0.15, -0.1) is 0 Å². The Hall–Kier alpha value is -3.61. The zero-order valence-electron chi connectivity index (χ0n) is 21.2. The second-order valence-electron chi connectivity index (χ2n) is 9.48. The van der Waals surface area contributed by atoms with Crippen molar-refractivity contribution in [1.82, 2.24) is 14.9 Å². The molecule has 5 aromatic rings. The van der Waals surface area contributed by atoms with Crippen LogP contribution in [-0.2, 0) is 0 Å². The minimum Gasteiger partial charge on any atom is -0.309 e. The summed E-state index contributed by atoms with van der Waals surface area (Å²) in [5.41, 5.74) is 6.56. The van der Waals surface area contributed by atoms with Crippen LogP contribution < -0.4 is 4.90 Å². The monoisotopic (exact) mass is 494 g/mol. The lowest BCUT2D eigenvalue weighted by molar-refractivity contribution is 0.0987. The van der Waals surface area contributed by atoms with E-state index < -0.39 is 0 Å². The zero-order chi connectivity index (χ0) is 25.2. The van der Waals surface area contributed by atoms with Crippen LogP contribution in [-0.4, -0.2) is 48.0 Å². The van der Waals surface area contributed by atoms with Gasteiger partial charge >= 0.3 is 0 Å². The van der Waals surface area contributed by atoms with E-state index in [1.54, 1.807) is 11.3 Å². The lowest BCUT2D eigenvalue weighted by atomic mass is 10.0. The molecule has 5 rings (SSSR count). The van der Waals surface area contributed by atoms with Gasteiger partial charge in [-0.2, -0.15) is 0 Å². The maximum Gasteiger partial charge on any atom is 0.260 e. The van der Waals surface area contributed by atoms with Gasteiger partial charge in [-0.3, -0.25) is 9.69 Å². The minimum atomic E-state index is -0.0435. The summed E-state index contributed by atoms with van der Waals surface area (Å²) in [6.45, 7) is 5.67. The third-order valence-corrected chi connectivity index (χ3v) is 7.52. The van der Waals surface area contributed by atoms with E-state index in [4.69, 9.17) is 9.97 Å². The number of nitrogens with zero attached hydrogens (tertiary/aromatic N) is 4. The second-order valence-corrected chi connectivity index (χ2v) is 10.5. The van der Waals surface area contributed by atoms with E-state index in [0.29, 0.717) is 12.1 Å². The highest BCUT2D eigenvalue weighted by molar-refractivity contribution is 7.22. The number of anilines is 1. The minimum absolute atomic E-state index is 0.0435. The summed E-state index contributed by atoms with van der Waals surface area (Å²) in [6, 6.07) is 24.1. The smallest absolute Gasteiger partial charge is 0.260 e. The maximum absolute atomic E-state index is 14.3. The number of rotatable bonds is 7. The predicted molar refractivity (Wildman–Crippen MR) is 151 cm³/mol. The first-order chi connectivity index (χ1) is 17.4. The number of hydrogen-bond acceptors (Lipinski definition) is 5. The molecule has 0 spiro atoms. The van der Waals surface area contributed by atoms with Gasteiger partial charge in [-0.1, -0.05) is 65.9 Å². The van der Waals surface area contributed by atoms with Crippen molar-refractivity contribution in [2.24, 2.45) is 0 Å². The Morgan fingerprint density at radius 3 is 2.39 bits per heavy atom. The van der Waals surface area contributed by atoms with Crippen LogP contribution in [0.5, 0.6) is 0 Å². The number of amides is 1. The van der Waals surface area contributed by atoms with Crippen LogP contribution in [0.1, 0.15) is 27.9 Å². The van der Waals surface area contributed by atoms with Gasteiger partial charge in [0.1, 0.15) is 0 Å². The lowest BCUT2D eigenvalue weighted by Gasteiger charge is -2.22. The van der Waals surface area contributed by atoms with Crippen LogP contribution in [0.4, 0.5) is 5.13 Å². The van der Waals surface area contributed by atoms with Gasteiger partial charge in [-0.25, -0.2) is 9.97 Å². The second kappa shape index (κ2) is 10.2. The summed E-state index contributed by atoms with van der Waals surface area (Å²) >= 11 is 1.59. The average Bonchev–Trinajstić information content (AvgIpc) is 3.30. The molecule has 0 atom stereocenters. The SMILES string of the molecule is Cc1cc(C)c2sc(N(CCCN(C)C)C(=O)c3cc(-c4ccccc4)nc4ccccc34)nc2c1. The predicted octanol–water partition coefficient (Wildman–Crippen LogP) is 6.73. The van der Waals surface area contributed by atoms with Crippen molar-refractivity contribution >= 4 is 43.5 Å². The first kappa shape index (κ1) is 24.1. The normalized spacial score (nSPS) is 11.5. The van der Waals surface area contributed by atoms with Gasteiger partial charge in [0, 0.05) is 17.5 Å². The fourth-order valence-electron chi connectivity index (χ4n) is 4.56. The number of hydrogen-bond donors (Lipinski definition) is 0. The quantitative estimate of drug-likeness (QED) is 0.252. The molecule has 0 N–H and O–H groups in total. The highest BCUT2D eigenvalue weighted by atomic mass is 32.1. The van der Waals surface area contributed by atoms with Gasteiger partial charge in [0.2, 0.25) is 0 Å². The first-order valence-corrected chi connectivity index (χ1v) is 13.0. The Kier molecular flexibility index (Phi) is 6.81. The van der Waals surface area contributed by atoms with Gasteiger partial charge < -0.3 is 4.90 Å². The molecule has 0 unspecified atom stereocenters. The van der Waals surface area contributed by atoms with E-state index in [0.717, 1.165) is 50.5 Å². The summed E-state index contributed by atoms with van der Waals surface area (Å²) in [6.07, 6.45) is 0.848. The van der Waals surface area contributed by atoms with E-state index in [1.807, 2.05) is 65.6 Å². The molecule has 0 aliphatic rings. The van der Waals surface area contributed by atoms with Gasteiger partial charge in [-0.05, 0) is 70.2 Å². The zero-order valence-corrected chi connectivity index (χ0v) is 22.0. The molecule has 0 saturated heterocycles. The number of pyridine rings is 1. The third-order valence-electron chi connectivity index (χ3n) is 6.29. The molecule has 0 aliphatic heterocycles. The summed E-state index contributed by atoms with van der Waals surface area (Å²) in [5, 5.41) is 1.59. The number of aromatic nitrogens is 2. The fourth-order valence-corrected chi connectivity index (χ4v) is 5.60. The summed E-state index contributed by atoms with van der Waals surface area (Å²) < 4.78 is 1.13. The molecule has 0 bridgehead atoms. The summed E-state index contributed by atoms with van der Waals surface area (Å²) in [4.78, 5) is 28.1. The Morgan fingerprint density at radius 2 is 1.61 bits per heavy atom. The van der Waals surface area contributed by atoms with Crippen molar-refractivity contribution < 1.29 is 4.79 Å². The molecule has 2 aromatic heterocycles. The van der Waals surface area contributed by atoms with Crippen molar-refractivity contribution in [3.8, 4) is 11.3 Å².